The number of aryl methyl sites for hydroxylation is 1. The van der Waals surface area contributed by atoms with Crippen LogP contribution in [0.1, 0.15) is 16.7 Å². The molecule has 0 saturated heterocycles. The van der Waals surface area contributed by atoms with Gasteiger partial charge < -0.3 is 14.8 Å². The molecule has 30 heavy (non-hydrogen) atoms. The number of benzene rings is 3. The highest BCUT2D eigenvalue weighted by atomic mass is 79.9. The smallest absolute Gasteiger partial charge is 0.238 e. The Morgan fingerprint density at radius 2 is 1.67 bits per heavy atom. The highest BCUT2D eigenvalue weighted by molar-refractivity contribution is 9.10. The molecule has 3 aromatic rings. The summed E-state index contributed by atoms with van der Waals surface area (Å²) >= 11 is 3.57. The zero-order valence-electron chi connectivity index (χ0n) is 16.7. The predicted octanol–water partition coefficient (Wildman–Crippen LogP) is 4.60. The van der Waals surface area contributed by atoms with E-state index in [0.29, 0.717) is 24.7 Å². The van der Waals surface area contributed by atoms with Crippen molar-refractivity contribution in [2.75, 3.05) is 12.4 Å². The van der Waals surface area contributed by atoms with Crippen molar-refractivity contribution in [2.45, 2.75) is 25.0 Å². The van der Waals surface area contributed by atoms with Crippen LogP contribution in [0, 0.1) is 6.92 Å². The second-order valence-electron chi connectivity index (χ2n) is 6.81. The number of halogens is 1. The monoisotopic (exact) mass is 490 g/mol. The molecule has 0 atom stereocenters. The number of methoxy groups -OCH3 is 1. The van der Waals surface area contributed by atoms with Crippen LogP contribution in [-0.4, -0.2) is 15.5 Å². The normalized spacial score (nSPS) is 11.2. The molecule has 0 fully saturated rings. The van der Waals surface area contributed by atoms with Gasteiger partial charge in [0.25, 0.3) is 0 Å². The highest BCUT2D eigenvalue weighted by Crippen LogP contribution is 2.37. The maximum Gasteiger partial charge on any atom is 0.238 e. The molecule has 8 heteroatoms. The second-order valence-corrected chi connectivity index (χ2v) is 9.22. The zero-order valence-corrected chi connectivity index (χ0v) is 19.1. The molecule has 3 rings (SSSR count). The fourth-order valence-electron chi connectivity index (χ4n) is 2.82. The molecule has 0 amide bonds. The van der Waals surface area contributed by atoms with Crippen molar-refractivity contribution in [1.29, 1.82) is 0 Å². The molecule has 158 valence electrons. The van der Waals surface area contributed by atoms with Gasteiger partial charge in [0, 0.05) is 12.2 Å². The molecule has 0 heterocycles. The maximum absolute atomic E-state index is 11.3. The van der Waals surface area contributed by atoms with Gasteiger partial charge >= 0.3 is 0 Å². The Labute approximate surface area is 185 Å². The van der Waals surface area contributed by atoms with Gasteiger partial charge in [-0.1, -0.05) is 29.8 Å². The van der Waals surface area contributed by atoms with Crippen LogP contribution in [0.4, 0.5) is 5.69 Å². The van der Waals surface area contributed by atoms with E-state index < -0.39 is 10.0 Å². The molecule has 0 spiro atoms. The molecule has 0 saturated carbocycles. The lowest BCUT2D eigenvalue weighted by molar-refractivity contribution is 0.282. The highest BCUT2D eigenvalue weighted by Gasteiger charge is 2.12. The Kier molecular flexibility index (Phi) is 7.02. The lowest BCUT2D eigenvalue weighted by Crippen LogP contribution is -2.12. The van der Waals surface area contributed by atoms with Crippen LogP contribution in [0.2, 0.25) is 0 Å². The quantitative estimate of drug-likeness (QED) is 0.481. The third-order valence-electron chi connectivity index (χ3n) is 4.47. The summed E-state index contributed by atoms with van der Waals surface area (Å²) in [6.07, 6.45) is 0. The van der Waals surface area contributed by atoms with E-state index >= 15 is 0 Å². The largest absolute Gasteiger partial charge is 0.493 e. The minimum atomic E-state index is -3.70. The number of rotatable bonds is 8. The topological polar surface area (TPSA) is 90.6 Å². The van der Waals surface area contributed by atoms with Crippen molar-refractivity contribution in [3.63, 3.8) is 0 Å². The van der Waals surface area contributed by atoms with Crippen molar-refractivity contribution in [3.05, 3.63) is 81.8 Å². The minimum absolute atomic E-state index is 0.0764. The fraction of sp³-hybridized carbons (Fsp3) is 0.182. The molecule has 0 aliphatic rings. The van der Waals surface area contributed by atoms with Gasteiger partial charge in [-0.15, -0.1) is 0 Å². The van der Waals surface area contributed by atoms with E-state index in [-0.39, 0.29) is 4.90 Å². The summed E-state index contributed by atoms with van der Waals surface area (Å²) in [5.74, 6) is 1.26. The van der Waals surface area contributed by atoms with Gasteiger partial charge in [0.15, 0.2) is 11.5 Å². The average molecular weight is 491 g/mol. The van der Waals surface area contributed by atoms with Gasteiger partial charge in [0.2, 0.25) is 10.0 Å². The molecule has 0 bridgehead atoms. The van der Waals surface area contributed by atoms with E-state index in [4.69, 9.17) is 14.6 Å². The summed E-state index contributed by atoms with van der Waals surface area (Å²) in [7, 11) is -2.10. The summed E-state index contributed by atoms with van der Waals surface area (Å²) in [5, 5.41) is 8.37. The molecule has 0 aliphatic carbocycles. The van der Waals surface area contributed by atoms with Gasteiger partial charge in [-0.2, -0.15) is 0 Å². The van der Waals surface area contributed by atoms with Crippen molar-refractivity contribution < 1.29 is 17.9 Å². The second kappa shape index (κ2) is 9.51. The number of anilines is 1. The van der Waals surface area contributed by atoms with E-state index in [0.717, 1.165) is 21.3 Å². The lowest BCUT2D eigenvalue weighted by Gasteiger charge is -2.15. The van der Waals surface area contributed by atoms with Gasteiger partial charge in [0.05, 0.1) is 16.5 Å². The van der Waals surface area contributed by atoms with Crippen LogP contribution in [0.3, 0.4) is 0 Å². The Morgan fingerprint density at radius 3 is 2.27 bits per heavy atom. The lowest BCUT2D eigenvalue weighted by atomic mass is 10.1. The van der Waals surface area contributed by atoms with Gasteiger partial charge in [-0.3, -0.25) is 0 Å². The van der Waals surface area contributed by atoms with Crippen LogP contribution < -0.4 is 19.9 Å². The zero-order chi connectivity index (χ0) is 21.7. The summed E-state index contributed by atoms with van der Waals surface area (Å²) < 4.78 is 35.0. The third kappa shape index (κ3) is 5.75. The van der Waals surface area contributed by atoms with Crippen molar-refractivity contribution in [1.82, 2.24) is 0 Å². The Morgan fingerprint density at radius 1 is 1.00 bits per heavy atom. The Balaban J connectivity index is 1.69. The van der Waals surface area contributed by atoms with E-state index in [1.807, 2.05) is 31.2 Å². The number of primary sulfonamides is 1. The molecular formula is C22H23BrN2O4S. The molecule has 0 aromatic heterocycles. The molecule has 3 aromatic carbocycles. The van der Waals surface area contributed by atoms with E-state index in [1.165, 1.54) is 17.7 Å². The third-order valence-corrected chi connectivity index (χ3v) is 5.99. The fourth-order valence-corrected chi connectivity index (χ4v) is 3.94. The molecule has 0 unspecified atom stereocenters. The summed E-state index contributed by atoms with van der Waals surface area (Å²) in [4.78, 5) is 0.0764. The first kappa shape index (κ1) is 22.1. The van der Waals surface area contributed by atoms with Gasteiger partial charge in [0.1, 0.15) is 6.61 Å². The van der Waals surface area contributed by atoms with Crippen LogP contribution >= 0.6 is 15.9 Å². The number of nitrogens with one attached hydrogen (secondary N) is 1. The average Bonchev–Trinajstić information content (AvgIpc) is 2.72. The number of nitrogens with two attached hydrogens (primary N) is 1. The van der Waals surface area contributed by atoms with Crippen molar-refractivity contribution >= 4 is 31.6 Å². The Hall–Kier alpha value is -2.55. The van der Waals surface area contributed by atoms with Crippen LogP contribution in [0.5, 0.6) is 11.5 Å². The minimum Gasteiger partial charge on any atom is -0.493 e. The molecular weight excluding hydrogens is 468 g/mol. The first-order valence-corrected chi connectivity index (χ1v) is 11.5. The Bertz CT molecular complexity index is 1120. The van der Waals surface area contributed by atoms with Gasteiger partial charge in [-0.25, -0.2) is 13.6 Å². The van der Waals surface area contributed by atoms with Crippen molar-refractivity contribution in [3.8, 4) is 11.5 Å². The number of hydrogen-bond acceptors (Lipinski definition) is 5. The van der Waals surface area contributed by atoms with Crippen LogP contribution in [0.15, 0.2) is 70.0 Å². The molecule has 3 N–H and O–H groups in total. The van der Waals surface area contributed by atoms with E-state index in [1.54, 1.807) is 19.2 Å². The SMILES string of the molecule is COc1cc(CNc2ccc(S(N)(=O)=O)cc2)cc(Br)c1OCc1ccc(C)cc1. The molecule has 6 nitrogen and oxygen atoms in total. The number of ether oxygens (including phenoxy) is 2. The van der Waals surface area contributed by atoms with E-state index in [2.05, 4.69) is 33.4 Å². The summed E-state index contributed by atoms with van der Waals surface area (Å²) in [6.45, 7) is 3.00. The number of hydrogen-bond donors (Lipinski definition) is 2. The molecule has 0 radical (unpaired) electrons. The molecule has 0 aliphatic heterocycles. The number of sulfonamides is 1. The van der Waals surface area contributed by atoms with E-state index in [9.17, 15) is 8.42 Å². The van der Waals surface area contributed by atoms with Gasteiger partial charge in [-0.05, 0) is 70.4 Å². The van der Waals surface area contributed by atoms with Crippen LogP contribution in [-0.2, 0) is 23.2 Å². The first-order chi connectivity index (χ1) is 14.3. The standard InChI is InChI=1S/C22H23BrN2O4S/c1-15-3-5-16(6-4-15)14-29-22-20(23)11-17(12-21(22)28-2)13-25-18-7-9-19(10-8-18)30(24,26)27/h3-12,25H,13-14H2,1-2H3,(H2,24,26,27). The maximum atomic E-state index is 11.3. The summed E-state index contributed by atoms with van der Waals surface area (Å²) in [5.41, 5.74) is 4.02. The first-order valence-electron chi connectivity index (χ1n) is 9.18. The predicted molar refractivity (Wildman–Crippen MR) is 121 cm³/mol. The summed E-state index contributed by atoms with van der Waals surface area (Å²) in [6, 6.07) is 18.3. The van der Waals surface area contributed by atoms with Crippen molar-refractivity contribution in [2.24, 2.45) is 5.14 Å². The van der Waals surface area contributed by atoms with Crippen LogP contribution in [0.25, 0.3) is 0 Å².